The Morgan fingerprint density at radius 3 is 2.60 bits per heavy atom. The number of fused-ring (bicyclic) bond motifs is 2. The summed E-state index contributed by atoms with van der Waals surface area (Å²) in [5, 5.41) is 0. The molecule has 2 aromatic rings. The van der Waals surface area contributed by atoms with Gasteiger partial charge in [0.25, 0.3) is 5.91 Å². The monoisotopic (exact) mass is 400 g/mol. The van der Waals surface area contributed by atoms with Crippen LogP contribution in [0, 0.1) is 0 Å². The minimum atomic E-state index is -0.124. The van der Waals surface area contributed by atoms with Crippen molar-refractivity contribution in [2.45, 2.75) is 19.4 Å². The number of benzene rings is 2. The van der Waals surface area contributed by atoms with E-state index in [0.717, 1.165) is 22.3 Å². The summed E-state index contributed by atoms with van der Waals surface area (Å²) < 4.78 is 10.7. The van der Waals surface area contributed by atoms with Gasteiger partial charge in [0.15, 0.2) is 11.5 Å². The van der Waals surface area contributed by atoms with Gasteiger partial charge in [-0.3, -0.25) is 9.79 Å². The molecule has 0 bridgehead atoms. The molecule has 2 aliphatic rings. The average Bonchev–Trinajstić information content (AvgIpc) is 3.16. The van der Waals surface area contributed by atoms with E-state index in [-0.39, 0.29) is 11.9 Å². The van der Waals surface area contributed by atoms with Crippen LogP contribution in [0.15, 0.2) is 54.2 Å². The highest BCUT2D eigenvalue weighted by Crippen LogP contribution is 2.39. The van der Waals surface area contributed by atoms with Crippen LogP contribution in [0.5, 0.6) is 11.5 Å². The minimum Gasteiger partial charge on any atom is -0.493 e. The van der Waals surface area contributed by atoms with Crippen LogP contribution in [-0.4, -0.2) is 37.3 Å². The number of carbonyl (C=O) groups is 1. The molecule has 2 aromatic carbocycles. The number of amides is 1. The number of rotatable bonds is 5. The molecule has 5 heteroatoms. The first-order valence-corrected chi connectivity index (χ1v) is 9.82. The summed E-state index contributed by atoms with van der Waals surface area (Å²) in [6.07, 6.45) is 10.4. The quantitative estimate of drug-likeness (QED) is 0.680. The molecule has 1 atom stereocenters. The van der Waals surface area contributed by atoms with Crippen LogP contribution in [0.3, 0.4) is 0 Å². The molecule has 0 saturated heterocycles. The predicted molar refractivity (Wildman–Crippen MR) is 121 cm³/mol. The van der Waals surface area contributed by atoms with Crippen molar-refractivity contribution in [3.05, 3.63) is 71.4 Å². The second-order valence-corrected chi connectivity index (χ2v) is 7.19. The molecule has 0 N–H and O–H groups in total. The fourth-order valence-corrected chi connectivity index (χ4v) is 3.90. The van der Waals surface area contributed by atoms with Gasteiger partial charge in [-0.1, -0.05) is 36.9 Å². The molecule has 0 fully saturated rings. The molecule has 2 heterocycles. The fourth-order valence-electron chi connectivity index (χ4n) is 3.90. The molecular formula is C25H24N2O3. The van der Waals surface area contributed by atoms with E-state index >= 15 is 0 Å². The van der Waals surface area contributed by atoms with Gasteiger partial charge in [0.2, 0.25) is 0 Å². The summed E-state index contributed by atoms with van der Waals surface area (Å²) in [6, 6.07) is 9.59. The zero-order valence-electron chi connectivity index (χ0n) is 17.4. The number of allylic oxidation sites excluding steroid dienone is 1. The Bertz CT molecular complexity index is 1110. The van der Waals surface area contributed by atoms with Crippen molar-refractivity contribution in [2.24, 2.45) is 4.99 Å². The van der Waals surface area contributed by atoms with E-state index in [4.69, 9.17) is 9.47 Å². The van der Waals surface area contributed by atoms with Gasteiger partial charge in [-0.25, -0.2) is 0 Å². The lowest BCUT2D eigenvalue weighted by molar-refractivity contribution is 0.0817. The highest BCUT2D eigenvalue weighted by Gasteiger charge is 2.33. The second kappa shape index (κ2) is 8.03. The van der Waals surface area contributed by atoms with Crippen LogP contribution in [0.25, 0.3) is 17.7 Å². The van der Waals surface area contributed by atoms with E-state index in [1.54, 1.807) is 31.3 Å². The smallest absolute Gasteiger partial charge is 0.260 e. The number of hydrogen-bond acceptors (Lipinski definition) is 4. The first-order chi connectivity index (χ1) is 14.6. The molecule has 0 radical (unpaired) electrons. The van der Waals surface area contributed by atoms with Gasteiger partial charge >= 0.3 is 0 Å². The third kappa shape index (κ3) is 3.32. The van der Waals surface area contributed by atoms with E-state index in [9.17, 15) is 4.79 Å². The van der Waals surface area contributed by atoms with Crippen LogP contribution in [0.4, 0.5) is 5.69 Å². The SMILES string of the molecule is C=Cc1ccc(C2=CN3C(=O)c4cc(OC)c(OC)cc4N=CC3C2)cc1/C=C\C. The molecule has 0 saturated carbocycles. The van der Waals surface area contributed by atoms with Crippen LogP contribution >= 0.6 is 0 Å². The van der Waals surface area contributed by atoms with E-state index in [1.165, 1.54) is 0 Å². The lowest BCUT2D eigenvalue weighted by Gasteiger charge is -2.18. The molecule has 0 aromatic heterocycles. The highest BCUT2D eigenvalue weighted by atomic mass is 16.5. The number of nitrogens with zero attached hydrogens (tertiary/aromatic N) is 2. The molecule has 2 aliphatic heterocycles. The average molecular weight is 400 g/mol. The predicted octanol–water partition coefficient (Wildman–Crippen LogP) is 5.35. The van der Waals surface area contributed by atoms with Gasteiger partial charge in [-0.15, -0.1) is 0 Å². The molecule has 0 aliphatic carbocycles. The van der Waals surface area contributed by atoms with Crippen LogP contribution < -0.4 is 9.47 Å². The molecule has 4 rings (SSSR count). The first kappa shape index (κ1) is 19.7. The standard InChI is InChI=1S/C25H24N2O3/c1-5-7-17-10-18(9-8-16(17)6-2)19-11-20-14-26-22-13-24(30-4)23(29-3)12-21(22)25(28)27(20)15-19/h5-10,12-15,20H,2,11H2,1,3-4H3/b7-5-. The second-order valence-electron chi connectivity index (χ2n) is 7.19. The van der Waals surface area contributed by atoms with Gasteiger partial charge in [0.05, 0.1) is 31.5 Å². The molecule has 5 nitrogen and oxygen atoms in total. The summed E-state index contributed by atoms with van der Waals surface area (Å²) in [4.78, 5) is 19.7. The van der Waals surface area contributed by atoms with Gasteiger partial charge in [0, 0.05) is 24.9 Å². The summed E-state index contributed by atoms with van der Waals surface area (Å²) in [7, 11) is 3.12. The number of methoxy groups -OCH3 is 2. The van der Waals surface area contributed by atoms with Gasteiger partial charge in [-0.2, -0.15) is 0 Å². The van der Waals surface area contributed by atoms with Crippen molar-refractivity contribution < 1.29 is 14.3 Å². The fraction of sp³-hybridized carbons (Fsp3) is 0.200. The lowest BCUT2D eigenvalue weighted by Crippen LogP contribution is -2.32. The Labute approximate surface area is 176 Å². The van der Waals surface area contributed by atoms with Gasteiger partial charge in [-0.05, 0) is 41.3 Å². The normalized spacial score (nSPS) is 17.4. The van der Waals surface area contributed by atoms with E-state index in [1.807, 2.05) is 31.5 Å². The maximum atomic E-state index is 13.3. The molecule has 0 spiro atoms. The summed E-state index contributed by atoms with van der Waals surface area (Å²) in [5.41, 5.74) is 5.47. The maximum absolute atomic E-state index is 13.3. The van der Waals surface area contributed by atoms with Crippen molar-refractivity contribution >= 4 is 35.5 Å². The van der Waals surface area contributed by atoms with Crippen molar-refractivity contribution in [1.29, 1.82) is 0 Å². The Balaban J connectivity index is 1.72. The summed E-state index contributed by atoms with van der Waals surface area (Å²) in [5.74, 6) is 0.968. The molecule has 152 valence electrons. The molecule has 1 unspecified atom stereocenters. The number of carbonyl (C=O) groups excluding carboxylic acids is 1. The third-order valence-electron chi connectivity index (χ3n) is 5.46. The highest BCUT2D eigenvalue weighted by molar-refractivity contribution is 6.05. The Morgan fingerprint density at radius 1 is 1.13 bits per heavy atom. The van der Waals surface area contributed by atoms with Crippen molar-refractivity contribution in [1.82, 2.24) is 4.90 Å². The van der Waals surface area contributed by atoms with Crippen LogP contribution in [0.2, 0.25) is 0 Å². The van der Waals surface area contributed by atoms with Gasteiger partial charge in [0.1, 0.15) is 0 Å². The number of hydrogen-bond donors (Lipinski definition) is 0. The van der Waals surface area contributed by atoms with Crippen molar-refractivity contribution in [2.75, 3.05) is 14.2 Å². The van der Waals surface area contributed by atoms with Crippen LogP contribution in [0.1, 0.15) is 40.4 Å². The molecular weight excluding hydrogens is 376 g/mol. The van der Waals surface area contributed by atoms with Crippen molar-refractivity contribution in [3.63, 3.8) is 0 Å². The maximum Gasteiger partial charge on any atom is 0.260 e. The summed E-state index contributed by atoms with van der Waals surface area (Å²) >= 11 is 0. The Kier molecular flexibility index (Phi) is 5.27. The van der Waals surface area contributed by atoms with Gasteiger partial charge < -0.3 is 14.4 Å². The zero-order chi connectivity index (χ0) is 21.3. The summed E-state index contributed by atoms with van der Waals surface area (Å²) in [6.45, 7) is 5.88. The van der Waals surface area contributed by atoms with Crippen molar-refractivity contribution in [3.8, 4) is 11.5 Å². The number of aliphatic imine (C=N–C) groups is 1. The Morgan fingerprint density at radius 2 is 1.90 bits per heavy atom. The van der Waals surface area contributed by atoms with Crippen LogP contribution in [-0.2, 0) is 0 Å². The largest absolute Gasteiger partial charge is 0.493 e. The molecule has 30 heavy (non-hydrogen) atoms. The Hall–Kier alpha value is -3.60. The lowest BCUT2D eigenvalue weighted by atomic mass is 9.97. The number of ether oxygens (including phenoxy) is 2. The topological polar surface area (TPSA) is 51.1 Å². The third-order valence-corrected chi connectivity index (χ3v) is 5.46. The minimum absolute atomic E-state index is 0.0974. The van der Waals surface area contributed by atoms with E-state index in [0.29, 0.717) is 29.2 Å². The zero-order valence-corrected chi connectivity index (χ0v) is 17.4. The first-order valence-electron chi connectivity index (χ1n) is 9.82. The van der Waals surface area contributed by atoms with E-state index in [2.05, 4.69) is 35.8 Å². The van der Waals surface area contributed by atoms with E-state index < -0.39 is 0 Å². The molecule has 1 amide bonds.